The summed E-state index contributed by atoms with van der Waals surface area (Å²) in [4.78, 5) is 10.6. The van der Waals surface area contributed by atoms with Gasteiger partial charge in [-0.1, -0.05) is 6.07 Å². The molecule has 0 amide bonds. The number of hydrogen-bond acceptors (Lipinski definition) is 5. The van der Waals surface area contributed by atoms with E-state index in [-0.39, 0.29) is 0 Å². The lowest BCUT2D eigenvalue weighted by atomic mass is 9.88. The Bertz CT molecular complexity index is 1180. The number of methoxy groups -OCH3 is 2. The van der Waals surface area contributed by atoms with E-state index in [1.54, 1.807) is 14.2 Å². The van der Waals surface area contributed by atoms with Crippen LogP contribution in [0, 0.1) is 0 Å². The topological polar surface area (TPSA) is 42.8 Å². The monoisotopic (exact) mass is 474 g/mol. The Morgan fingerprint density at radius 1 is 0.743 bits per heavy atom. The second-order valence-electron chi connectivity index (χ2n) is 10.6. The number of piperidine rings is 2. The highest BCUT2D eigenvalue weighted by Gasteiger charge is 2.34. The number of nitrogens with zero attached hydrogens (tertiary/aromatic N) is 4. The molecule has 35 heavy (non-hydrogen) atoms. The summed E-state index contributed by atoms with van der Waals surface area (Å²) in [6.45, 7) is 5.09. The van der Waals surface area contributed by atoms with Crippen molar-refractivity contribution in [3.8, 4) is 22.9 Å². The minimum atomic E-state index is 0.633. The van der Waals surface area contributed by atoms with Crippen molar-refractivity contribution in [1.82, 2.24) is 19.4 Å². The maximum absolute atomic E-state index is 5.51. The molecule has 0 bridgehead atoms. The number of aryl methyl sites for hydroxylation is 1. The van der Waals surface area contributed by atoms with Gasteiger partial charge in [0.2, 0.25) is 0 Å². The maximum atomic E-state index is 5.51. The van der Waals surface area contributed by atoms with Crippen molar-refractivity contribution in [2.75, 3.05) is 40.4 Å². The van der Waals surface area contributed by atoms with Crippen LogP contribution < -0.4 is 9.47 Å². The van der Waals surface area contributed by atoms with Crippen LogP contribution in [0.15, 0.2) is 36.4 Å². The lowest BCUT2D eigenvalue weighted by Crippen LogP contribution is -2.47. The van der Waals surface area contributed by atoms with E-state index < -0.39 is 0 Å². The second-order valence-corrected chi connectivity index (χ2v) is 10.6. The minimum absolute atomic E-state index is 0.633. The number of aromatic nitrogens is 2. The standard InChI is InChI=1S/C29H38N4O2/c1-31-26-8-4-21(18-25(26)30-29(31)22-5-9-27(34-2)28(19-22)35-3)20-10-14-32(15-11-20)24-12-16-33(17-13-24)23-6-7-23/h4-5,8-9,18-20,23-24H,6-7,10-17H2,1-3H3. The second kappa shape index (κ2) is 9.47. The van der Waals surface area contributed by atoms with E-state index in [4.69, 9.17) is 14.5 Å². The Labute approximate surface area is 208 Å². The van der Waals surface area contributed by atoms with Gasteiger partial charge in [-0.3, -0.25) is 0 Å². The molecule has 6 rings (SSSR count). The van der Waals surface area contributed by atoms with Gasteiger partial charge in [0.25, 0.3) is 0 Å². The highest BCUT2D eigenvalue weighted by molar-refractivity contribution is 5.81. The Morgan fingerprint density at radius 3 is 2.06 bits per heavy atom. The molecule has 2 aliphatic heterocycles. The summed E-state index contributed by atoms with van der Waals surface area (Å²) in [5.74, 6) is 3.04. The normalized spacial score (nSPS) is 21.0. The van der Waals surface area contributed by atoms with E-state index in [1.165, 1.54) is 75.8 Å². The predicted molar refractivity (Wildman–Crippen MR) is 140 cm³/mol. The number of likely N-dealkylation sites (tertiary alicyclic amines) is 2. The summed E-state index contributed by atoms with van der Waals surface area (Å²) in [6.07, 6.45) is 8.10. The van der Waals surface area contributed by atoms with Gasteiger partial charge in [-0.2, -0.15) is 0 Å². The number of imidazole rings is 1. The van der Waals surface area contributed by atoms with E-state index in [2.05, 4.69) is 39.6 Å². The van der Waals surface area contributed by atoms with Crippen molar-refractivity contribution in [3.05, 3.63) is 42.0 Å². The zero-order valence-electron chi connectivity index (χ0n) is 21.4. The summed E-state index contributed by atoms with van der Waals surface area (Å²) in [6, 6.07) is 14.6. The smallest absolute Gasteiger partial charge is 0.161 e. The molecule has 3 heterocycles. The van der Waals surface area contributed by atoms with Crippen LogP contribution in [0.5, 0.6) is 11.5 Å². The molecule has 1 aliphatic carbocycles. The fourth-order valence-corrected chi connectivity index (χ4v) is 6.36. The minimum Gasteiger partial charge on any atom is -0.493 e. The van der Waals surface area contributed by atoms with Crippen molar-refractivity contribution >= 4 is 11.0 Å². The van der Waals surface area contributed by atoms with Crippen LogP contribution in [0.4, 0.5) is 0 Å². The summed E-state index contributed by atoms with van der Waals surface area (Å²) in [5.41, 5.74) is 4.71. The van der Waals surface area contributed by atoms with E-state index in [0.29, 0.717) is 5.92 Å². The summed E-state index contributed by atoms with van der Waals surface area (Å²) in [7, 11) is 5.43. The number of benzene rings is 2. The van der Waals surface area contributed by atoms with Gasteiger partial charge in [0, 0.05) is 24.7 Å². The Kier molecular flexibility index (Phi) is 6.19. The lowest BCUT2D eigenvalue weighted by molar-refractivity contribution is 0.0844. The van der Waals surface area contributed by atoms with Crippen LogP contribution in [0.1, 0.15) is 50.0 Å². The van der Waals surface area contributed by atoms with Gasteiger partial charge in [-0.05, 0) is 107 Å². The average Bonchev–Trinajstić information content (AvgIpc) is 3.72. The molecule has 2 aromatic carbocycles. The SMILES string of the molecule is COc1ccc(-c2nc3cc(C4CCN(C5CCN(C6CC6)CC5)CC4)ccc3n2C)cc1OC. The Morgan fingerprint density at radius 2 is 1.40 bits per heavy atom. The molecule has 0 spiro atoms. The first-order valence-electron chi connectivity index (χ1n) is 13.3. The van der Waals surface area contributed by atoms with Gasteiger partial charge in [0.05, 0.1) is 25.3 Å². The molecule has 186 valence electrons. The van der Waals surface area contributed by atoms with Crippen molar-refractivity contribution in [3.63, 3.8) is 0 Å². The number of rotatable bonds is 6. The molecule has 2 saturated heterocycles. The highest BCUT2D eigenvalue weighted by atomic mass is 16.5. The molecule has 0 unspecified atom stereocenters. The van der Waals surface area contributed by atoms with E-state index in [1.807, 2.05) is 18.2 Å². The predicted octanol–water partition coefficient (Wildman–Crippen LogP) is 5.06. The summed E-state index contributed by atoms with van der Waals surface area (Å²) >= 11 is 0. The van der Waals surface area contributed by atoms with Crippen molar-refractivity contribution in [1.29, 1.82) is 0 Å². The fraction of sp³-hybridized carbons (Fsp3) is 0.552. The van der Waals surface area contributed by atoms with Crippen molar-refractivity contribution in [2.45, 2.75) is 56.5 Å². The zero-order valence-corrected chi connectivity index (χ0v) is 21.4. The molecule has 1 aromatic heterocycles. The van der Waals surface area contributed by atoms with E-state index in [0.717, 1.165) is 40.5 Å². The molecule has 0 atom stereocenters. The lowest BCUT2D eigenvalue weighted by Gasteiger charge is -2.42. The number of ether oxygens (including phenoxy) is 2. The number of hydrogen-bond donors (Lipinski definition) is 0. The average molecular weight is 475 g/mol. The third-order valence-corrected chi connectivity index (χ3v) is 8.63. The van der Waals surface area contributed by atoms with Gasteiger partial charge >= 0.3 is 0 Å². The van der Waals surface area contributed by atoms with Crippen LogP contribution in [-0.2, 0) is 7.05 Å². The Hall–Kier alpha value is -2.57. The molecule has 6 heteroatoms. The molecule has 1 saturated carbocycles. The Balaban J connectivity index is 1.15. The van der Waals surface area contributed by atoms with E-state index in [9.17, 15) is 0 Å². The first-order chi connectivity index (χ1) is 17.1. The first-order valence-corrected chi connectivity index (χ1v) is 13.3. The molecule has 0 radical (unpaired) electrons. The van der Waals surface area contributed by atoms with Gasteiger partial charge in [0.1, 0.15) is 5.82 Å². The van der Waals surface area contributed by atoms with Gasteiger partial charge in [0.15, 0.2) is 11.5 Å². The summed E-state index contributed by atoms with van der Waals surface area (Å²) < 4.78 is 13.1. The molecular formula is C29H38N4O2. The quantitative estimate of drug-likeness (QED) is 0.499. The van der Waals surface area contributed by atoms with Crippen molar-refractivity contribution < 1.29 is 9.47 Å². The van der Waals surface area contributed by atoms with Crippen molar-refractivity contribution in [2.24, 2.45) is 7.05 Å². The van der Waals surface area contributed by atoms with Crippen LogP contribution in [0.25, 0.3) is 22.4 Å². The largest absolute Gasteiger partial charge is 0.493 e. The highest BCUT2D eigenvalue weighted by Crippen LogP contribution is 2.36. The van der Waals surface area contributed by atoms with Crippen LogP contribution in [-0.4, -0.2) is 71.8 Å². The molecule has 3 fully saturated rings. The molecule has 3 aliphatic rings. The molecule has 3 aromatic rings. The zero-order chi connectivity index (χ0) is 23.9. The van der Waals surface area contributed by atoms with Gasteiger partial charge in [-0.25, -0.2) is 4.98 Å². The van der Waals surface area contributed by atoms with Crippen LogP contribution >= 0.6 is 0 Å². The molecule has 6 nitrogen and oxygen atoms in total. The maximum Gasteiger partial charge on any atom is 0.161 e. The van der Waals surface area contributed by atoms with Gasteiger partial charge < -0.3 is 23.8 Å². The summed E-state index contributed by atoms with van der Waals surface area (Å²) in [5, 5.41) is 0. The van der Waals surface area contributed by atoms with Crippen LogP contribution in [0.2, 0.25) is 0 Å². The van der Waals surface area contributed by atoms with Gasteiger partial charge in [-0.15, -0.1) is 0 Å². The third-order valence-electron chi connectivity index (χ3n) is 8.63. The number of fused-ring (bicyclic) bond motifs is 1. The third kappa shape index (κ3) is 4.43. The van der Waals surface area contributed by atoms with E-state index >= 15 is 0 Å². The molecule has 0 N–H and O–H groups in total. The molecular weight excluding hydrogens is 436 g/mol. The van der Waals surface area contributed by atoms with Crippen LogP contribution in [0.3, 0.4) is 0 Å². The fourth-order valence-electron chi connectivity index (χ4n) is 6.36. The first kappa shape index (κ1) is 22.9.